The molecule has 0 aliphatic heterocycles. The molecule has 0 aliphatic carbocycles. The quantitative estimate of drug-likeness (QED) is 0.719. The molecule has 4 nitrogen and oxygen atoms in total. The van der Waals surface area contributed by atoms with Crippen molar-refractivity contribution in [3.63, 3.8) is 0 Å². The topological polar surface area (TPSA) is 31.4 Å². The zero-order valence-electron chi connectivity index (χ0n) is 13.6. The fraction of sp³-hybridized carbons (Fsp3) is 0.800. The van der Waals surface area contributed by atoms with E-state index in [1.54, 1.807) is 0 Å². The van der Waals surface area contributed by atoms with Crippen LogP contribution in [-0.2, 0) is 0 Å². The van der Waals surface area contributed by atoms with Crippen molar-refractivity contribution in [3.8, 4) is 0 Å². The fourth-order valence-electron chi connectivity index (χ4n) is 2.05. The van der Waals surface area contributed by atoms with Gasteiger partial charge >= 0.3 is 0 Å². The average molecular weight is 298 g/mol. The normalized spacial score (nSPS) is 12.9. The van der Waals surface area contributed by atoms with Crippen molar-refractivity contribution in [1.29, 1.82) is 0 Å². The van der Waals surface area contributed by atoms with Gasteiger partial charge in [0.1, 0.15) is 0 Å². The first-order valence-corrected chi connectivity index (χ1v) is 8.48. The lowest BCUT2D eigenvalue weighted by atomic mass is 10.3. The second-order valence-electron chi connectivity index (χ2n) is 5.46. The second-order valence-corrected chi connectivity index (χ2v) is 6.50. The van der Waals surface area contributed by atoms with Crippen LogP contribution >= 0.6 is 11.3 Å². The molecule has 0 bridgehead atoms. The first kappa shape index (κ1) is 17.4. The smallest absolute Gasteiger partial charge is 0.185 e. The van der Waals surface area contributed by atoms with Gasteiger partial charge in [-0.1, -0.05) is 6.92 Å². The molecule has 0 saturated carbocycles. The summed E-state index contributed by atoms with van der Waals surface area (Å²) in [6, 6.07) is 0.404. The Kier molecular flexibility index (Phi) is 8.11. The number of nitrogens with zero attached hydrogens (tertiary/aromatic N) is 3. The number of anilines is 1. The highest BCUT2D eigenvalue weighted by Gasteiger charge is 2.13. The first-order valence-electron chi connectivity index (χ1n) is 7.67. The van der Waals surface area contributed by atoms with Crippen molar-refractivity contribution < 1.29 is 0 Å². The summed E-state index contributed by atoms with van der Waals surface area (Å²) in [5.74, 6) is 0. The molecule has 0 amide bonds. The Hall–Kier alpha value is -0.650. The van der Waals surface area contributed by atoms with Crippen molar-refractivity contribution >= 4 is 16.5 Å². The van der Waals surface area contributed by atoms with Gasteiger partial charge in [-0.25, -0.2) is 4.98 Å². The van der Waals surface area contributed by atoms with Gasteiger partial charge in [-0.2, -0.15) is 0 Å². The van der Waals surface area contributed by atoms with E-state index in [1.807, 2.05) is 17.5 Å². The van der Waals surface area contributed by atoms with E-state index in [4.69, 9.17) is 0 Å². The highest BCUT2D eigenvalue weighted by Crippen LogP contribution is 2.27. The largest absolute Gasteiger partial charge is 0.348 e. The molecule has 0 fully saturated rings. The third-order valence-corrected chi connectivity index (χ3v) is 4.57. The lowest BCUT2D eigenvalue weighted by Crippen LogP contribution is -2.26. The second kappa shape index (κ2) is 9.32. The van der Waals surface area contributed by atoms with Gasteiger partial charge in [-0.15, -0.1) is 11.3 Å². The SMILES string of the molecule is CCCNC(C)c1cnc(N(CC)CCCN(C)C)s1. The van der Waals surface area contributed by atoms with Crippen molar-refractivity contribution in [2.45, 2.75) is 39.7 Å². The zero-order valence-corrected chi connectivity index (χ0v) is 14.5. The Bertz CT molecular complexity index is 365. The van der Waals surface area contributed by atoms with E-state index in [-0.39, 0.29) is 0 Å². The Labute approximate surface area is 128 Å². The van der Waals surface area contributed by atoms with Crippen LogP contribution in [0.3, 0.4) is 0 Å². The van der Waals surface area contributed by atoms with E-state index in [0.29, 0.717) is 6.04 Å². The van der Waals surface area contributed by atoms with Crippen LogP contribution in [0.1, 0.15) is 44.5 Å². The van der Waals surface area contributed by atoms with Gasteiger partial charge in [-0.3, -0.25) is 0 Å². The van der Waals surface area contributed by atoms with Gasteiger partial charge in [0, 0.05) is 30.2 Å². The zero-order chi connectivity index (χ0) is 15.0. The Morgan fingerprint density at radius 3 is 2.65 bits per heavy atom. The molecular weight excluding hydrogens is 268 g/mol. The van der Waals surface area contributed by atoms with Crippen LogP contribution in [-0.4, -0.2) is 50.2 Å². The lowest BCUT2D eigenvalue weighted by Gasteiger charge is -2.20. The van der Waals surface area contributed by atoms with Crippen molar-refractivity contribution in [3.05, 3.63) is 11.1 Å². The Morgan fingerprint density at radius 1 is 1.30 bits per heavy atom. The summed E-state index contributed by atoms with van der Waals surface area (Å²) in [5.41, 5.74) is 0. The van der Waals surface area contributed by atoms with Crippen molar-refractivity contribution in [2.24, 2.45) is 0 Å². The molecule has 1 unspecified atom stereocenters. The third-order valence-electron chi connectivity index (χ3n) is 3.32. The standard InChI is InChI=1S/C15H30N4S/c1-6-9-16-13(3)14-12-17-15(20-14)19(7-2)11-8-10-18(4)5/h12-13,16H,6-11H2,1-5H3. The number of nitrogens with one attached hydrogen (secondary N) is 1. The summed E-state index contributed by atoms with van der Waals surface area (Å²) in [4.78, 5) is 10.6. The highest BCUT2D eigenvalue weighted by molar-refractivity contribution is 7.15. The molecule has 1 aromatic heterocycles. The molecule has 0 aliphatic rings. The third kappa shape index (κ3) is 5.77. The number of aromatic nitrogens is 1. The van der Waals surface area contributed by atoms with Crippen LogP contribution in [0.5, 0.6) is 0 Å². The number of rotatable bonds is 10. The maximum Gasteiger partial charge on any atom is 0.185 e. The molecule has 1 aromatic rings. The van der Waals surface area contributed by atoms with E-state index in [0.717, 1.165) is 31.3 Å². The minimum Gasteiger partial charge on any atom is -0.348 e. The molecular formula is C15H30N4S. The van der Waals surface area contributed by atoms with E-state index in [9.17, 15) is 0 Å². The molecule has 0 spiro atoms. The molecule has 1 atom stereocenters. The Morgan fingerprint density at radius 2 is 2.05 bits per heavy atom. The van der Waals surface area contributed by atoms with Gasteiger partial charge in [0.05, 0.1) is 0 Å². The average Bonchev–Trinajstić information content (AvgIpc) is 2.90. The van der Waals surface area contributed by atoms with Gasteiger partial charge in [-0.05, 0) is 53.9 Å². The lowest BCUT2D eigenvalue weighted by molar-refractivity contribution is 0.400. The molecule has 20 heavy (non-hydrogen) atoms. The summed E-state index contributed by atoms with van der Waals surface area (Å²) in [5, 5.41) is 4.68. The monoisotopic (exact) mass is 298 g/mol. The minimum absolute atomic E-state index is 0.404. The van der Waals surface area contributed by atoms with Crippen LogP contribution in [0.25, 0.3) is 0 Å². The van der Waals surface area contributed by atoms with Crippen LogP contribution in [0.15, 0.2) is 6.20 Å². The van der Waals surface area contributed by atoms with E-state index >= 15 is 0 Å². The van der Waals surface area contributed by atoms with Crippen molar-refractivity contribution in [2.75, 3.05) is 45.2 Å². The molecule has 1 rings (SSSR count). The molecule has 1 heterocycles. The van der Waals surface area contributed by atoms with Crippen LogP contribution < -0.4 is 10.2 Å². The highest BCUT2D eigenvalue weighted by atomic mass is 32.1. The van der Waals surface area contributed by atoms with E-state index < -0.39 is 0 Å². The van der Waals surface area contributed by atoms with Crippen molar-refractivity contribution in [1.82, 2.24) is 15.2 Å². The summed E-state index contributed by atoms with van der Waals surface area (Å²) < 4.78 is 0. The molecule has 0 radical (unpaired) electrons. The summed E-state index contributed by atoms with van der Waals surface area (Å²) in [6.07, 6.45) is 4.38. The van der Waals surface area contributed by atoms with Crippen LogP contribution in [0.4, 0.5) is 5.13 Å². The Balaban J connectivity index is 2.54. The number of hydrogen-bond acceptors (Lipinski definition) is 5. The summed E-state index contributed by atoms with van der Waals surface area (Å²) in [7, 11) is 4.25. The fourth-order valence-corrected chi connectivity index (χ4v) is 3.08. The minimum atomic E-state index is 0.404. The molecule has 0 saturated heterocycles. The predicted octanol–water partition coefficient (Wildman–Crippen LogP) is 2.98. The number of thiazole rings is 1. The molecule has 0 aromatic carbocycles. The van der Waals surface area contributed by atoms with E-state index in [2.05, 4.69) is 55.0 Å². The van der Waals surface area contributed by atoms with Gasteiger partial charge in [0.25, 0.3) is 0 Å². The summed E-state index contributed by atoms with van der Waals surface area (Å²) in [6.45, 7) is 10.9. The molecule has 1 N–H and O–H groups in total. The predicted molar refractivity (Wildman–Crippen MR) is 89.9 cm³/mol. The van der Waals surface area contributed by atoms with Gasteiger partial charge in [0.15, 0.2) is 5.13 Å². The van der Waals surface area contributed by atoms with Gasteiger partial charge in [0.2, 0.25) is 0 Å². The maximum atomic E-state index is 4.61. The molecule has 5 heteroatoms. The summed E-state index contributed by atoms with van der Waals surface area (Å²) >= 11 is 1.82. The maximum absolute atomic E-state index is 4.61. The van der Waals surface area contributed by atoms with Crippen LogP contribution in [0.2, 0.25) is 0 Å². The molecule has 116 valence electrons. The number of hydrogen-bond donors (Lipinski definition) is 1. The van der Waals surface area contributed by atoms with Gasteiger partial charge < -0.3 is 15.1 Å². The first-order chi connectivity index (χ1) is 9.58. The van der Waals surface area contributed by atoms with E-state index in [1.165, 1.54) is 17.7 Å². The van der Waals surface area contributed by atoms with Crippen LogP contribution in [0, 0.1) is 0 Å².